The van der Waals surface area contributed by atoms with Gasteiger partial charge in [-0.15, -0.1) is 0 Å². The van der Waals surface area contributed by atoms with Crippen LogP contribution in [0.3, 0.4) is 0 Å². The topological polar surface area (TPSA) is 75.7 Å². The fourth-order valence-electron chi connectivity index (χ4n) is 3.21. The summed E-state index contributed by atoms with van der Waals surface area (Å²) in [5.41, 5.74) is -0.460. The first kappa shape index (κ1) is 15.8. The number of imide groups is 1. The monoisotopic (exact) mass is 336 g/mol. The lowest BCUT2D eigenvalue weighted by Crippen LogP contribution is -2.44. The van der Waals surface area contributed by atoms with Crippen LogP contribution in [0.5, 0.6) is 5.75 Å². The van der Waals surface area contributed by atoms with E-state index in [1.165, 1.54) is 13.2 Å². The molecule has 1 heterocycles. The predicted octanol–water partition coefficient (Wildman–Crippen LogP) is 2.40. The molecule has 0 unspecified atom stereocenters. The molecule has 1 aromatic rings. The maximum Gasteiger partial charge on any atom is 0.325 e. The molecule has 1 N–H and O–H groups in total. The number of ether oxygens (including phenoxy) is 1. The lowest BCUT2D eigenvalue weighted by molar-refractivity contribution is -0.130. The van der Waals surface area contributed by atoms with Crippen molar-refractivity contribution < 1.29 is 19.1 Å². The second-order valence-corrected chi connectivity index (χ2v) is 6.29. The van der Waals surface area contributed by atoms with Gasteiger partial charge in [0.25, 0.3) is 5.91 Å². The lowest BCUT2D eigenvalue weighted by atomic mass is 9.98. The number of hydrogen-bond acceptors (Lipinski definition) is 4. The quantitative estimate of drug-likeness (QED) is 0.676. The van der Waals surface area contributed by atoms with Gasteiger partial charge < -0.3 is 10.1 Å². The van der Waals surface area contributed by atoms with E-state index in [2.05, 4.69) is 5.32 Å². The number of Topliss-reactive ketones (excluding diaryl/α,β-unsaturated/α-hetero) is 1. The minimum Gasteiger partial charge on any atom is -0.495 e. The van der Waals surface area contributed by atoms with Crippen LogP contribution < -0.4 is 10.1 Å². The predicted molar refractivity (Wildman–Crippen MR) is 83.8 cm³/mol. The average molecular weight is 337 g/mol. The van der Waals surface area contributed by atoms with Crippen molar-refractivity contribution in [3.8, 4) is 5.75 Å². The Hall–Kier alpha value is -2.08. The summed E-state index contributed by atoms with van der Waals surface area (Å²) in [6.07, 6.45) is 3.08. The van der Waals surface area contributed by atoms with Crippen molar-refractivity contribution in [1.29, 1.82) is 0 Å². The van der Waals surface area contributed by atoms with Crippen molar-refractivity contribution in [1.82, 2.24) is 10.2 Å². The summed E-state index contributed by atoms with van der Waals surface area (Å²) in [7, 11) is 1.48. The van der Waals surface area contributed by atoms with Crippen LogP contribution in [0.4, 0.5) is 4.79 Å². The number of urea groups is 1. The van der Waals surface area contributed by atoms with Crippen LogP contribution in [-0.4, -0.2) is 41.8 Å². The molecule has 0 bridgehead atoms. The Morgan fingerprint density at radius 1 is 1.35 bits per heavy atom. The van der Waals surface area contributed by atoms with E-state index in [1.807, 2.05) is 0 Å². The third-order valence-electron chi connectivity index (χ3n) is 4.48. The van der Waals surface area contributed by atoms with E-state index in [0.29, 0.717) is 29.2 Å². The number of amides is 3. The molecule has 1 saturated heterocycles. The van der Waals surface area contributed by atoms with Gasteiger partial charge in [-0.2, -0.15) is 0 Å². The van der Waals surface area contributed by atoms with Crippen LogP contribution in [0.2, 0.25) is 5.02 Å². The molecule has 2 fully saturated rings. The summed E-state index contributed by atoms with van der Waals surface area (Å²) in [4.78, 5) is 38.0. The van der Waals surface area contributed by atoms with Crippen LogP contribution in [0, 0.1) is 0 Å². The van der Waals surface area contributed by atoms with Gasteiger partial charge in [0.05, 0.1) is 18.7 Å². The van der Waals surface area contributed by atoms with Gasteiger partial charge in [-0.3, -0.25) is 14.5 Å². The summed E-state index contributed by atoms with van der Waals surface area (Å²) < 4.78 is 5.04. The molecule has 7 heteroatoms. The lowest BCUT2D eigenvalue weighted by Gasteiger charge is -2.19. The van der Waals surface area contributed by atoms with Gasteiger partial charge >= 0.3 is 6.03 Å². The van der Waals surface area contributed by atoms with E-state index in [0.717, 1.165) is 17.7 Å². The van der Waals surface area contributed by atoms with Crippen LogP contribution in [-0.2, 0) is 4.79 Å². The number of rotatable bonds is 4. The van der Waals surface area contributed by atoms with Crippen molar-refractivity contribution in [3.05, 3.63) is 28.8 Å². The number of methoxy groups -OCH3 is 1. The zero-order valence-electron chi connectivity index (χ0n) is 12.7. The Bertz CT molecular complexity index is 683. The Labute approximate surface area is 138 Å². The number of benzene rings is 1. The number of hydrogen-bond donors (Lipinski definition) is 1. The van der Waals surface area contributed by atoms with Crippen molar-refractivity contribution in [2.24, 2.45) is 0 Å². The molecular weight excluding hydrogens is 320 g/mol. The summed E-state index contributed by atoms with van der Waals surface area (Å²) >= 11 is 6.01. The fraction of sp³-hybridized carbons (Fsp3) is 0.438. The highest BCUT2D eigenvalue weighted by Crippen LogP contribution is 2.35. The first-order valence-corrected chi connectivity index (χ1v) is 7.85. The van der Waals surface area contributed by atoms with E-state index >= 15 is 0 Å². The molecule has 0 radical (unpaired) electrons. The molecule has 1 aromatic carbocycles. The number of nitrogens with zero attached hydrogens (tertiary/aromatic N) is 1. The Morgan fingerprint density at radius 3 is 2.65 bits per heavy atom. The molecule has 122 valence electrons. The molecule has 1 aliphatic carbocycles. The van der Waals surface area contributed by atoms with Gasteiger partial charge in [0.15, 0.2) is 5.78 Å². The molecule has 1 aliphatic heterocycles. The minimum absolute atomic E-state index is 0.283. The van der Waals surface area contributed by atoms with Crippen molar-refractivity contribution in [2.75, 3.05) is 13.7 Å². The summed E-state index contributed by atoms with van der Waals surface area (Å²) in [5.74, 6) is -0.177. The average Bonchev–Trinajstić information content (AvgIpc) is 3.08. The van der Waals surface area contributed by atoms with E-state index < -0.39 is 11.6 Å². The normalized spacial score (nSPS) is 19.3. The smallest absolute Gasteiger partial charge is 0.325 e. The van der Waals surface area contributed by atoms with E-state index in [4.69, 9.17) is 16.3 Å². The molecule has 1 saturated carbocycles. The SMILES string of the molecule is COc1ccc(C(=O)CN2C(=O)NC3(CCCC3)C2=O)cc1Cl. The largest absolute Gasteiger partial charge is 0.495 e. The van der Waals surface area contributed by atoms with Crippen LogP contribution in [0.1, 0.15) is 36.0 Å². The minimum atomic E-state index is -0.797. The molecule has 6 nitrogen and oxygen atoms in total. The first-order valence-electron chi connectivity index (χ1n) is 7.48. The second kappa shape index (κ2) is 5.85. The highest BCUT2D eigenvalue weighted by Gasteiger charge is 2.52. The molecule has 3 amide bonds. The number of nitrogens with one attached hydrogen (secondary N) is 1. The summed E-state index contributed by atoms with van der Waals surface area (Å²) in [6, 6.07) is 4.13. The standard InChI is InChI=1S/C16H17ClN2O4/c1-23-13-5-4-10(8-11(13)17)12(20)9-19-14(21)16(18-15(19)22)6-2-3-7-16/h4-5,8H,2-3,6-7,9H2,1H3,(H,18,22). The Balaban J connectivity index is 1.76. The van der Waals surface area contributed by atoms with Crippen LogP contribution in [0.25, 0.3) is 0 Å². The maximum atomic E-state index is 12.5. The summed E-state index contributed by atoms with van der Waals surface area (Å²) in [5, 5.41) is 3.06. The first-order chi connectivity index (χ1) is 11.0. The third-order valence-corrected chi connectivity index (χ3v) is 4.77. The molecular formula is C16H17ClN2O4. The third kappa shape index (κ3) is 2.67. The van der Waals surface area contributed by atoms with Gasteiger partial charge in [-0.1, -0.05) is 24.4 Å². The zero-order valence-corrected chi connectivity index (χ0v) is 13.5. The summed E-state index contributed by atoms with van der Waals surface area (Å²) in [6.45, 7) is -0.283. The van der Waals surface area contributed by atoms with E-state index in [1.54, 1.807) is 12.1 Å². The van der Waals surface area contributed by atoms with Gasteiger partial charge in [0, 0.05) is 5.56 Å². The molecule has 0 atom stereocenters. The molecule has 3 rings (SSSR count). The Morgan fingerprint density at radius 2 is 2.04 bits per heavy atom. The van der Waals surface area contributed by atoms with Crippen molar-refractivity contribution >= 4 is 29.3 Å². The van der Waals surface area contributed by atoms with Gasteiger partial charge in [0.2, 0.25) is 0 Å². The fourth-order valence-corrected chi connectivity index (χ4v) is 3.47. The zero-order chi connectivity index (χ0) is 16.6. The molecule has 0 aromatic heterocycles. The van der Waals surface area contributed by atoms with Crippen LogP contribution >= 0.6 is 11.6 Å². The molecule has 1 spiro atoms. The van der Waals surface area contributed by atoms with Crippen molar-refractivity contribution in [3.63, 3.8) is 0 Å². The number of carbonyl (C=O) groups is 3. The highest BCUT2D eigenvalue weighted by molar-refractivity contribution is 6.32. The molecule has 23 heavy (non-hydrogen) atoms. The van der Waals surface area contributed by atoms with Crippen LogP contribution in [0.15, 0.2) is 18.2 Å². The number of ketones is 1. The van der Waals surface area contributed by atoms with Crippen molar-refractivity contribution in [2.45, 2.75) is 31.2 Å². The second-order valence-electron chi connectivity index (χ2n) is 5.88. The Kier molecular flexibility index (Phi) is 4.02. The van der Waals surface area contributed by atoms with Gasteiger partial charge in [0.1, 0.15) is 11.3 Å². The highest BCUT2D eigenvalue weighted by atomic mass is 35.5. The molecule has 2 aliphatic rings. The van der Waals surface area contributed by atoms with Gasteiger partial charge in [-0.05, 0) is 31.0 Å². The number of halogens is 1. The maximum absolute atomic E-state index is 12.5. The number of carbonyl (C=O) groups excluding carboxylic acids is 3. The van der Waals surface area contributed by atoms with E-state index in [9.17, 15) is 14.4 Å². The van der Waals surface area contributed by atoms with E-state index in [-0.39, 0.29) is 18.2 Å². The van der Waals surface area contributed by atoms with Gasteiger partial charge in [-0.25, -0.2) is 4.79 Å².